The molecule has 0 bridgehead atoms. The van der Waals surface area contributed by atoms with Gasteiger partial charge in [-0.05, 0) is 28.7 Å². The van der Waals surface area contributed by atoms with E-state index < -0.39 is 22.5 Å². The third-order valence-electron chi connectivity index (χ3n) is 1.32. The zero-order valence-corrected chi connectivity index (χ0v) is 8.53. The van der Waals surface area contributed by atoms with Crippen molar-refractivity contribution in [2.45, 2.75) is 6.18 Å². The van der Waals surface area contributed by atoms with Crippen molar-refractivity contribution >= 4 is 28.3 Å². The zero-order valence-electron chi connectivity index (χ0n) is 6.38. The molecule has 8 heteroatoms. The summed E-state index contributed by atoms with van der Waals surface area (Å²) < 4.78 is 35.9. The maximum absolute atomic E-state index is 12.1. The lowest BCUT2D eigenvalue weighted by Crippen LogP contribution is -2.09. The van der Waals surface area contributed by atoms with E-state index >= 15 is 0 Å². The Hall–Kier alpha value is -0.930. The van der Waals surface area contributed by atoms with Gasteiger partial charge in [0.2, 0.25) is 0 Å². The lowest BCUT2D eigenvalue weighted by molar-refractivity contribution is -0.386. The van der Waals surface area contributed by atoms with Crippen LogP contribution in [-0.4, -0.2) is 9.91 Å². The van der Waals surface area contributed by atoms with Gasteiger partial charge in [0.1, 0.15) is 5.69 Å². The van der Waals surface area contributed by atoms with E-state index in [9.17, 15) is 23.3 Å². The minimum absolute atomic E-state index is 0.276. The summed E-state index contributed by atoms with van der Waals surface area (Å²) in [4.78, 5) is 12.6. The van der Waals surface area contributed by atoms with E-state index in [4.69, 9.17) is 0 Å². The van der Waals surface area contributed by atoms with Crippen LogP contribution in [0.3, 0.4) is 0 Å². The first-order valence-electron chi connectivity index (χ1n) is 3.20. The minimum atomic E-state index is -4.57. The molecule has 0 saturated carbocycles. The Kier molecular flexibility index (Phi) is 2.92. The molecular weight excluding hydrogens is 316 g/mol. The van der Waals surface area contributed by atoms with Crippen LogP contribution in [0, 0.1) is 13.8 Å². The largest absolute Gasteiger partial charge is 0.433 e. The molecule has 1 aromatic heterocycles. The third kappa shape index (κ3) is 2.30. The van der Waals surface area contributed by atoms with Crippen molar-refractivity contribution in [2.24, 2.45) is 0 Å². The number of hydrogen-bond acceptors (Lipinski definition) is 3. The van der Waals surface area contributed by atoms with Gasteiger partial charge in [0.25, 0.3) is 0 Å². The van der Waals surface area contributed by atoms with Crippen molar-refractivity contribution < 1.29 is 18.1 Å². The number of hydrogen-bond donors (Lipinski definition) is 0. The number of pyridine rings is 1. The highest BCUT2D eigenvalue weighted by molar-refractivity contribution is 14.1. The van der Waals surface area contributed by atoms with Gasteiger partial charge in [-0.1, -0.05) is 0 Å². The fourth-order valence-corrected chi connectivity index (χ4v) is 1.36. The first-order chi connectivity index (χ1) is 6.32. The van der Waals surface area contributed by atoms with Crippen molar-refractivity contribution in [1.82, 2.24) is 4.98 Å². The smallest absolute Gasteiger partial charge is 0.258 e. The molecule has 0 atom stereocenters. The van der Waals surface area contributed by atoms with E-state index in [0.29, 0.717) is 6.07 Å². The molecule has 0 radical (unpaired) electrons. The molecule has 1 aromatic rings. The van der Waals surface area contributed by atoms with Gasteiger partial charge in [-0.15, -0.1) is 0 Å². The molecule has 0 saturated heterocycles. The summed E-state index contributed by atoms with van der Waals surface area (Å²) >= 11 is 1.39. The maximum atomic E-state index is 12.1. The van der Waals surface area contributed by atoms with Crippen molar-refractivity contribution in [3.8, 4) is 0 Å². The van der Waals surface area contributed by atoms with E-state index in [1.165, 1.54) is 22.6 Å². The summed E-state index contributed by atoms with van der Waals surface area (Å²) in [6.45, 7) is 0. The van der Waals surface area contributed by atoms with Crippen LogP contribution in [0.5, 0.6) is 0 Å². The van der Waals surface area contributed by atoms with E-state index in [0.717, 1.165) is 6.07 Å². The average molecular weight is 318 g/mol. The fraction of sp³-hybridized carbons (Fsp3) is 0.167. The number of aromatic nitrogens is 1. The Morgan fingerprint density at radius 1 is 1.43 bits per heavy atom. The molecule has 0 unspecified atom stereocenters. The van der Waals surface area contributed by atoms with Gasteiger partial charge in [0.05, 0.1) is 4.92 Å². The van der Waals surface area contributed by atoms with E-state index in [-0.39, 0.29) is 3.70 Å². The molecule has 1 heterocycles. The second-order valence-electron chi connectivity index (χ2n) is 2.26. The van der Waals surface area contributed by atoms with Gasteiger partial charge < -0.3 is 0 Å². The fourth-order valence-electron chi connectivity index (χ4n) is 0.721. The van der Waals surface area contributed by atoms with Crippen LogP contribution in [0.15, 0.2) is 12.1 Å². The number of rotatable bonds is 1. The summed E-state index contributed by atoms with van der Waals surface area (Å²) in [6.07, 6.45) is -4.57. The monoisotopic (exact) mass is 318 g/mol. The van der Waals surface area contributed by atoms with E-state index in [2.05, 4.69) is 4.98 Å². The highest BCUT2D eigenvalue weighted by Gasteiger charge is 2.33. The van der Waals surface area contributed by atoms with Gasteiger partial charge in [0.15, 0.2) is 3.70 Å². The molecular formula is C6H2F3IN2O2. The Morgan fingerprint density at radius 2 is 2.00 bits per heavy atom. The van der Waals surface area contributed by atoms with Crippen LogP contribution < -0.4 is 0 Å². The SMILES string of the molecule is O=[N+]([O-])c1ccc(C(F)(F)F)nc1I. The number of nitrogens with zero attached hydrogens (tertiary/aromatic N) is 2. The van der Waals surface area contributed by atoms with Crippen molar-refractivity contribution in [2.75, 3.05) is 0 Å². The first kappa shape index (κ1) is 11.1. The van der Waals surface area contributed by atoms with Gasteiger partial charge in [0, 0.05) is 6.07 Å². The predicted molar refractivity (Wildman–Crippen MR) is 48.6 cm³/mol. The van der Waals surface area contributed by atoms with E-state index in [1.54, 1.807) is 0 Å². The highest BCUT2D eigenvalue weighted by atomic mass is 127. The molecule has 76 valence electrons. The van der Waals surface area contributed by atoms with Crippen molar-refractivity contribution in [3.05, 3.63) is 31.6 Å². The molecule has 0 spiro atoms. The summed E-state index contributed by atoms with van der Waals surface area (Å²) in [5.41, 5.74) is -1.56. The van der Waals surface area contributed by atoms with E-state index in [1.807, 2.05) is 0 Å². The van der Waals surface area contributed by atoms with Crippen molar-refractivity contribution in [1.29, 1.82) is 0 Å². The normalized spacial score (nSPS) is 11.4. The molecule has 0 aromatic carbocycles. The third-order valence-corrected chi connectivity index (χ3v) is 2.11. The van der Waals surface area contributed by atoms with Gasteiger partial charge in [-0.3, -0.25) is 10.1 Å². The summed E-state index contributed by atoms with van der Waals surface area (Å²) in [5, 5.41) is 10.3. The summed E-state index contributed by atoms with van der Waals surface area (Å²) in [5.74, 6) is 0. The Bertz CT molecular complexity index is 380. The van der Waals surface area contributed by atoms with Crippen LogP contribution in [0.25, 0.3) is 0 Å². The second kappa shape index (κ2) is 3.67. The number of alkyl halides is 3. The number of nitro groups is 1. The van der Waals surface area contributed by atoms with Gasteiger partial charge in [-0.25, -0.2) is 4.98 Å². The molecule has 4 nitrogen and oxygen atoms in total. The first-order valence-corrected chi connectivity index (χ1v) is 4.28. The number of halogens is 4. The minimum Gasteiger partial charge on any atom is -0.258 e. The Balaban J connectivity index is 3.20. The predicted octanol–water partition coefficient (Wildman–Crippen LogP) is 2.61. The lowest BCUT2D eigenvalue weighted by Gasteiger charge is -2.04. The molecule has 0 amide bonds. The molecule has 0 fully saturated rings. The molecule has 0 aliphatic heterocycles. The van der Waals surface area contributed by atoms with Crippen molar-refractivity contribution in [3.63, 3.8) is 0 Å². The zero-order chi connectivity index (χ0) is 10.9. The highest BCUT2D eigenvalue weighted by Crippen LogP contribution is 2.30. The lowest BCUT2D eigenvalue weighted by atomic mass is 10.3. The molecule has 0 aliphatic rings. The molecule has 0 N–H and O–H groups in total. The maximum Gasteiger partial charge on any atom is 0.433 e. The van der Waals surface area contributed by atoms with Crippen LogP contribution in [-0.2, 0) is 6.18 Å². The second-order valence-corrected chi connectivity index (χ2v) is 3.28. The quantitative estimate of drug-likeness (QED) is 0.346. The van der Waals surface area contributed by atoms with Crippen LogP contribution in [0.2, 0.25) is 0 Å². The van der Waals surface area contributed by atoms with Gasteiger partial charge in [-0.2, -0.15) is 13.2 Å². The standard InChI is InChI=1S/C6H2F3IN2O2/c7-6(8,9)4-2-1-3(12(13)14)5(10)11-4/h1-2H. The van der Waals surface area contributed by atoms with Crippen LogP contribution >= 0.6 is 22.6 Å². The van der Waals surface area contributed by atoms with Crippen LogP contribution in [0.4, 0.5) is 18.9 Å². The Labute approximate surface area is 89.4 Å². The van der Waals surface area contributed by atoms with Gasteiger partial charge >= 0.3 is 11.9 Å². The average Bonchev–Trinajstić information content (AvgIpc) is 2.01. The Morgan fingerprint density at radius 3 is 2.36 bits per heavy atom. The molecule has 1 rings (SSSR count). The topological polar surface area (TPSA) is 56.0 Å². The summed E-state index contributed by atoms with van der Waals surface area (Å²) in [7, 11) is 0. The van der Waals surface area contributed by atoms with Crippen LogP contribution in [0.1, 0.15) is 5.69 Å². The molecule has 0 aliphatic carbocycles. The summed E-state index contributed by atoms with van der Waals surface area (Å²) in [6, 6.07) is 1.37. The molecule has 14 heavy (non-hydrogen) atoms.